The molecule has 1 heterocycles. The molecule has 0 bridgehead atoms. The lowest BCUT2D eigenvalue weighted by Crippen LogP contribution is -2.61. The van der Waals surface area contributed by atoms with E-state index < -0.39 is 43.0 Å². The van der Waals surface area contributed by atoms with Crippen molar-refractivity contribution < 1.29 is 27.7 Å². The van der Waals surface area contributed by atoms with Crippen LogP contribution in [0.3, 0.4) is 0 Å². The molecule has 1 saturated heterocycles. The van der Waals surface area contributed by atoms with Gasteiger partial charge in [-0.05, 0) is 37.4 Å². The largest absolute Gasteiger partial charge is 0.379 e. The van der Waals surface area contributed by atoms with E-state index in [4.69, 9.17) is 4.74 Å². The Labute approximate surface area is 240 Å². The number of nitrogens with zero attached hydrogens (tertiary/aromatic N) is 2. The summed E-state index contributed by atoms with van der Waals surface area (Å²) in [6.07, 6.45) is 2.54. The minimum atomic E-state index is -4.43. The van der Waals surface area contributed by atoms with E-state index in [1.165, 1.54) is 12.1 Å². The van der Waals surface area contributed by atoms with Gasteiger partial charge < -0.3 is 15.4 Å². The average Bonchev–Trinajstić information content (AvgIpc) is 3.45. The maximum Gasteiger partial charge on any atom is 0.289 e. The Hall–Kier alpha value is -3.39. The fraction of sp³-hybridized carbons (Fsp3) is 0.500. The summed E-state index contributed by atoms with van der Waals surface area (Å²) in [6.45, 7) is 4.33. The topological polar surface area (TPSA) is 160 Å². The average molecular weight is 588 g/mol. The number of ether oxygens (including phenoxy) is 1. The van der Waals surface area contributed by atoms with Gasteiger partial charge >= 0.3 is 0 Å². The lowest BCUT2D eigenvalue weighted by molar-refractivity contribution is -0.387. The number of nitrogens with one attached hydrogen (secondary N) is 3. The van der Waals surface area contributed by atoms with Gasteiger partial charge in [0.2, 0.25) is 21.8 Å². The molecule has 2 aliphatic rings. The van der Waals surface area contributed by atoms with Gasteiger partial charge in [-0.3, -0.25) is 24.6 Å². The van der Waals surface area contributed by atoms with Crippen molar-refractivity contribution >= 4 is 27.5 Å². The maximum atomic E-state index is 13.8. The van der Waals surface area contributed by atoms with Crippen molar-refractivity contribution in [3.63, 3.8) is 0 Å². The molecule has 0 spiro atoms. The first-order valence-electron chi connectivity index (χ1n) is 13.9. The van der Waals surface area contributed by atoms with E-state index in [0.717, 1.165) is 43.8 Å². The number of hydrogen-bond acceptors (Lipinski definition) is 8. The van der Waals surface area contributed by atoms with Gasteiger partial charge in [-0.2, -0.15) is 4.72 Å². The SMILES string of the molecule is O=C(NCCCN1CCOCC1)[C@@H](Cc1ccccc1)NC(=O)C1(NS(=O)(=O)c2ccccc2[N+](=O)[O-])CCCC1. The molecule has 2 aromatic carbocycles. The summed E-state index contributed by atoms with van der Waals surface area (Å²) in [5, 5.41) is 17.2. The summed E-state index contributed by atoms with van der Waals surface area (Å²) in [7, 11) is -4.43. The highest BCUT2D eigenvalue weighted by Gasteiger charge is 2.46. The van der Waals surface area contributed by atoms with E-state index in [-0.39, 0.29) is 25.2 Å². The molecule has 1 atom stereocenters. The van der Waals surface area contributed by atoms with Gasteiger partial charge in [0, 0.05) is 32.1 Å². The molecule has 0 unspecified atom stereocenters. The second kappa shape index (κ2) is 14.0. The van der Waals surface area contributed by atoms with Crippen molar-refractivity contribution in [1.29, 1.82) is 0 Å². The van der Waals surface area contributed by atoms with Crippen LogP contribution in [-0.4, -0.2) is 81.0 Å². The van der Waals surface area contributed by atoms with Crippen LogP contribution in [0.25, 0.3) is 0 Å². The van der Waals surface area contributed by atoms with Crippen molar-refractivity contribution in [1.82, 2.24) is 20.3 Å². The van der Waals surface area contributed by atoms with E-state index >= 15 is 0 Å². The third-order valence-electron chi connectivity index (χ3n) is 7.53. The normalized spacial score (nSPS) is 18.0. The highest BCUT2D eigenvalue weighted by molar-refractivity contribution is 7.89. The van der Waals surface area contributed by atoms with Gasteiger partial charge in [-0.1, -0.05) is 55.3 Å². The van der Waals surface area contributed by atoms with E-state index in [2.05, 4.69) is 20.3 Å². The summed E-state index contributed by atoms with van der Waals surface area (Å²) < 4.78 is 34.6. The molecular weight excluding hydrogens is 550 g/mol. The van der Waals surface area contributed by atoms with Crippen LogP contribution in [0.2, 0.25) is 0 Å². The molecular formula is C28H37N5O7S. The Morgan fingerprint density at radius 3 is 2.37 bits per heavy atom. The summed E-state index contributed by atoms with van der Waals surface area (Å²) in [6, 6.07) is 13.3. The number of hydrogen-bond donors (Lipinski definition) is 3. The Morgan fingerprint density at radius 2 is 1.68 bits per heavy atom. The van der Waals surface area contributed by atoms with Crippen molar-refractivity contribution in [2.45, 2.75) is 55.0 Å². The molecule has 1 aliphatic heterocycles. The van der Waals surface area contributed by atoms with Crippen LogP contribution in [-0.2, 0) is 30.8 Å². The van der Waals surface area contributed by atoms with Gasteiger partial charge in [0.25, 0.3) is 5.69 Å². The van der Waals surface area contributed by atoms with Gasteiger partial charge in [0.1, 0.15) is 11.6 Å². The van der Waals surface area contributed by atoms with Crippen LogP contribution in [0.15, 0.2) is 59.5 Å². The number of nitro groups is 1. The monoisotopic (exact) mass is 587 g/mol. The zero-order chi connectivity index (χ0) is 29.3. The Morgan fingerprint density at radius 1 is 1.02 bits per heavy atom. The molecule has 12 nitrogen and oxygen atoms in total. The number of carbonyl (C=O) groups is 2. The third kappa shape index (κ3) is 8.09. The first-order chi connectivity index (χ1) is 19.7. The van der Waals surface area contributed by atoms with Crippen LogP contribution < -0.4 is 15.4 Å². The van der Waals surface area contributed by atoms with Crippen molar-refractivity contribution in [3.8, 4) is 0 Å². The van der Waals surface area contributed by atoms with Gasteiger partial charge in [0.05, 0.1) is 18.1 Å². The quantitative estimate of drug-likeness (QED) is 0.182. The van der Waals surface area contributed by atoms with Crippen molar-refractivity contribution in [3.05, 3.63) is 70.3 Å². The molecule has 3 N–H and O–H groups in total. The molecule has 4 rings (SSSR count). The number of para-hydroxylation sites is 1. The Bertz CT molecular complexity index is 1310. The van der Waals surface area contributed by atoms with Gasteiger partial charge in [-0.15, -0.1) is 0 Å². The predicted octanol–water partition coefficient (Wildman–Crippen LogP) is 1.75. The zero-order valence-corrected chi connectivity index (χ0v) is 23.7. The molecule has 0 radical (unpaired) electrons. The molecule has 1 saturated carbocycles. The Kier molecular flexibility index (Phi) is 10.4. The molecule has 0 aromatic heterocycles. The molecule has 41 heavy (non-hydrogen) atoms. The molecule has 2 amide bonds. The van der Waals surface area contributed by atoms with Crippen molar-refractivity contribution in [2.75, 3.05) is 39.4 Å². The van der Waals surface area contributed by atoms with E-state index in [0.29, 0.717) is 32.6 Å². The standard InChI is InChI=1S/C28H37N5O7S/c34-26(29-15-8-16-32-17-19-40-20-18-32)23(21-22-9-2-1-3-10-22)30-27(35)28(13-6-7-14-28)31-41(38,39)25-12-5-4-11-24(25)33(36)37/h1-5,9-12,23,31H,6-8,13-21H2,(H,29,34)(H,30,35)/t23-/m1/s1. The first-order valence-corrected chi connectivity index (χ1v) is 15.4. The zero-order valence-electron chi connectivity index (χ0n) is 22.9. The molecule has 2 fully saturated rings. The molecule has 222 valence electrons. The number of benzene rings is 2. The van der Waals surface area contributed by atoms with Crippen LogP contribution in [0.1, 0.15) is 37.7 Å². The number of sulfonamides is 1. The van der Waals surface area contributed by atoms with Crippen LogP contribution in [0, 0.1) is 10.1 Å². The fourth-order valence-electron chi connectivity index (χ4n) is 5.32. The summed E-state index contributed by atoms with van der Waals surface area (Å²) in [5.74, 6) is -0.986. The minimum absolute atomic E-state index is 0.206. The summed E-state index contributed by atoms with van der Waals surface area (Å²) in [5.41, 5.74) is -1.28. The number of carbonyl (C=O) groups excluding carboxylic acids is 2. The lowest BCUT2D eigenvalue weighted by Gasteiger charge is -2.31. The van der Waals surface area contributed by atoms with E-state index in [1.807, 2.05) is 30.3 Å². The number of nitro benzene ring substituents is 1. The third-order valence-corrected chi connectivity index (χ3v) is 9.12. The minimum Gasteiger partial charge on any atom is -0.379 e. The van der Waals surface area contributed by atoms with E-state index in [1.54, 1.807) is 0 Å². The predicted molar refractivity (Wildman–Crippen MR) is 152 cm³/mol. The number of rotatable bonds is 13. The smallest absolute Gasteiger partial charge is 0.289 e. The highest BCUT2D eigenvalue weighted by Crippen LogP contribution is 2.33. The second-order valence-corrected chi connectivity index (χ2v) is 12.1. The summed E-state index contributed by atoms with van der Waals surface area (Å²) in [4.78, 5) is 39.6. The van der Waals surface area contributed by atoms with Crippen LogP contribution >= 0.6 is 0 Å². The van der Waals surface area contributed by atoms with Crippen molar-refractivity contribution in [2.24, 2.45) is 0 Å². The fourth-order valence-corrected chi connectivity index (χ4v) is 6.92. The van der Waals surface area contributed by atoms with Gasteiger partial charge in [0.15, 0.2) is 4.90 Å². The second-order valence-electron chi connectivity index (χ2n) is 10.4. The number of amides is 2. The first kappa shape index (κ1) is 30.6. The Balaban J connectivity index is 1.48. The van der Waals surface area contributed by atoms with E-state index in [9.17, 15) is 28.1 Å². The number of morpholine rings is 1. The maximum absolute atomic E-state index is 13.8. The van der Waals surface area contributed by atoms with Crippen LogP contribution in [0.5, 0.6) is 0 Å². The van der Waals surface area contributed by atoms with Gasteiger partial charge in [-0.25, -0.2) is 8.42 Å². The lowest BCUT2D eigenvalue weighted by atomic mass is 9.96. The highest BCUT2D eigenvalue weighted by atomic mass is 32.2. The van der Waals surface area contributed by atoms with Crippen LogP contribution in [0.4, 0.5) is 5.69 Å². The molecule has 13 heteroatoms. The summed E-state index contributed by atoms with van der Waals surface area (Å²) >= 11 is 0. The molecule has 2 aromatic rings. The molecule has 1 aliphatic carbocycles.